The average Bonchev–Trinajstić information content (AvgIpc) is 2.51. The Labute approximate surface area is 128 Å². The predicted molar refractivity (Wildman–Crippen MR) is 85.1 cm³/mol. The van der Waals surface area contributed by atoms with E-state index in [1.807, 2.05) is 0 Å². The Morgan fingerprint density at radius 2 is 1.81 bits per heavy atom. The molecule has 3 aromatic rings. The minimum atomic E-state index is -0.227. The van der Waals surface area contributed by atoms with Crippen LogP contribution in [0.25, 0.3) is 11.0 Å². The third-order valence-corrected chi connectivity index (χ3v) is 3.57. The molecule has 1 heterocycles. The lowest BCUT2D eigenvalue weighted by Crippen LogP contribution is -2.11. The Bertz CT molecular complexity index is 882. The monoisotopic (exact) mass is 343 g/mol. The molecule has 104 valence electrons. The highest BCUT2D eigenvalue weighted by Gasteiger charge is 2.09. The molecule has 0 radical (unpaired) electrons. The van der Waals surface area contributed by atoms with Crippen LogP contribution in [0.15, 0.2) is 68.5 Å². The first kappa shape index (κ1) is 13.6. The zero-order valence-electron chi connectivity index (χ0n) is 10.8. The number of halogens is 1. The number of benzene rings is 2. The lowest BCUT2D eigenvalue weighted by molar-refractivity contribution is -0.354. The molecule has 0 atom stereocenters. The van der Waals surface area contributed by atoms with Crippen molar-refractivity contribution < 1.29 is 9.16 Å². The summed E-state index contributed by atoms with van der Waals surface area (Å²) in [6.45, 7) is 0. The molecule has 0 spiro atoms. The van der Waals surface area contributed by atoms with E-state index in [0.29, 0.717) is 21.4 Å². The zero-order valence-corrected chi connectivity index (χ0v) is 12.4. The normalized spacial score (nSPS) is 11.8. The van der Waals surface area contributed by atoms with Crippen molar-refractivity contribution in [3.8, 4) is 0 Å². The molecule has 1 aromatic heterocycles. The second kappa shape index (κ2) is 5.54. The summed E-state index contributed by atoms with van der Waals surface area (Å²) in [5, 5.41) is 12.5. The van der Waals surface area contributed by atoms with E-state index >= 15 is 0 Å². The highest BCUT2D eigenvalue weighted by Crippen LogP contribution is 2.16. The molecular weight excluding hydrogens is 334 g/mol. The number of fused-ring (bicyclic) bond motifs is 1. The summed E-state index contributed by atoms with van der Waals surface area (Å²) < 4.78 is 6.90. The summed E-state index contributed by atoms with van der Waals surface area (Å²) in [6, 6.07) is 13.8. The summed E-state index contributed by atoms with van der Waals surface area (Å²) >= 11 is 3.30. The topological polar surface area (TPSA) is 56.3 Å². The Balaban J connectivity index is 2.08. The number of para-hydroxylation sites is 1. The van der Waals surface area contributed by atoms with Gasteiger partial charge in [-0.25, -0.2) is 0 Å². The van der Waals surface area contributed by atoms with Gasteiger partial charge in [0, 0.05) is 16.6 Å². The van der Waals surface area contributed by atoms with E-state index in [9.17, 15) is 10.0 Å². The maximum absolute atomic E-state index is 12.3. The first-order chi connectivity index (χ1) is 10.1. The average molecular weight is 344 g/mol. The van der Waals surface area contributed by atoms with Crippen molar-refractivity contribution in [2.45, 2.75) is 0 Å². The van der Waals surface area contributed by atoms with Crippen molar-refractivity contribution in [1.82, 2.24) is 0 Å². The Kier molecular flexibility index (Phi) is 3.58. The second-order valence-electron chi connectivity index (χ2n) is 4.45. The molecule has 0 saturated carbocycles. The lowest BCUT2D eigenvalue weighted by Gasteiger charge is -2.03. The molecule has 4 nitrogen and oxygen atoms in total. The van der Waals surface area contributed by atoms with Crippen LogP contribution in [0.3, 0.4) is 0 Å². The van der Waals surface area contributed by atoms with Crippen LogP contribution in [-0.2, 0) is 0 Å². The molecule has 3 rings (SSSR count). The molecule has 5 heteroatoms. The van der Waals surface area contributed by atoms with E-state index in [2.05, 4.69) is 15.9 Å². The SMILES string of the molecule is O=c1c(/C=[N+](/[O-])c2ccc(Br)cc2)coc2ccccc12. The van der Waals surface area contributed by atoms with Crippen LogP contribution in [-0.4, -0.2) is 11.0 Å². The zero-order chi connectivity index (χ0) is 14.8. The minimum absolute atomic E-state index is 0.214. The van der Waals surface area contributed by atoms with Crippen LogP contribution in [0.1, 0.15) is 5.56 Å². The Morgan fingerprint density at radius 3 is 2.57 bits per heavy atom. The van der Waals surface area contributed by atoms with Crippen molar-refractivity contribution >= 4 is 38.8 Å². The van der Waals surface area contributed by atoms with Gasteiger partial charge in [-0.1, -0.05) is 28.1 Å². The van der Waals surface area contributed by atoms with Crippen molar-refractivity contribution in [3.05, 3.63) is 80.3 Å². The highest BCUT2D eigenvalue weighted by molar-refractivity contribution is 9.10. The summed E-state index contributed by atoms with van der Waals surface area (Å²) in [4.78, 5) is 12.3. The van der Waals surface area contributed by atoms with Gasteiger partial charge in [0.25, 0.3) is 0 Å². The Hall–Kier alpha value is -2.40. The third kappa shape index (κ3) is 2.73. The summed E-state index contributed by atoms with van der Waals surface area (Å²) in [5.41, 5.74) is 0.924. The van der Waals surface area contributed by atoms with Gasteiger partial charge in [0.15, 0.2) is 6.21 Å². The fourth-order valence-corrected chi connectivity index (χ4v) is 2.24. The molecule has 21 heavy (non-hydrogen) atoms. The van der Waals surface area contributed by atoms with Crippen molar-refractivity contribution in [3.63, 3.8) is 0 Å². The number of rotatable bonds is 2. The van der Waals surface area contributed by atoms with Crippen LogP contribution < -0.4 is 5.43 Å². The minimum Gasteiger partial charge on any atom is -0.618 e. The molecule has 2 aromatic carbocycles. The van der Waals surface area contributed by atoms with Crippen molar-refractivity contribution in [1.29, 1.82) is 0 Å². The number of hydrogen-bond donors (Lipinski definition) is 0. The van der Waals surface area contributed by atoms with Crippen molar-refractivity contribution in [2.24, 2.45) is 0 Å². The van der Waals surface area contributed by atoms with E-state index in [-0.39, 0.29) is 11.0 Å². The highest BCUT2D eigenvalue weighted by atomic mass is 79.9. The quantitative estimate of drug-likeness (QED) is 0.307. The maximum atomic E-state index is 12.3. The van der Waals surface area contributed by atoms with Gasteiger partial charge in [0.05, 0.1) is 5.39 Å². The van der Waals surface area contributed by atoms with Crippen LogP contribution in [0.5, 0.6) is 0 Å². The molecule has 0 aliphatic heterocycles. The van der Waals surface area contributed by atoms with Gasteiger partial charge in [0.2, 0.25) is 11.1 Å². The molecule has 0 unspecified atom stereocenters. The van der Waals surface area contributed by atoms with Gasteiger partial charge in [-0.15, -0.1) is 0 Å². The van der Waals surface area contributed by atoms with Gasteiger partial charge < -0.3 is 9.62 Å². The lowest BCUT2D eigenvalue weighted by atomic mass is 10.2. The van der Waals surface area contributed by atoms with Gasteiger partial charge in [-0.3, -0.25) is 4.79 Å². The van der Waals surface area contributed by atoms with Gasteiger partial charge in [0.1, 0.15) is 17.4 Å². The summed E-state index contributed by atoms with van der Waals surface area (Å²) in [5.74, 6) is 0. The molecular formula is C16H10BrNO3. The van der Waals surface area contributed by atoms with E-state index in [0.717, 1.165) is 4.47 Å². The van der Waals surface area contributed by atoms with Crippen molar-refractivity contribution in [2.75, 3.05) is 0 Å². The fraction of sp³-hybridized carbons (Fsp3) is 0. The molecule has 0 aliphatic carbocycles. The summed E-state index contributed by atoms with van der Waals surface area (Å²) in [7, 11) is 0. The standard InChI is InChI=1S/C16H10BrNO3/c17-12-5-7-13(8-6-12)18(20)9-11-10-21-15-4-2-1-3-14(15)16(11)19/h1-10H/b18-9+. The molecule has 0 saturated heterocycles. The fourth-order valence-electron chi connectivity index (χ4n) is 1.97. The largest absolute Gasteiger partial charge is 0.618 e. The van der Waals surface area contributed by atoms with Crippen LogP contribution in [0.2, 0.25) is 0 Å². The second-order valence-corrected chi connectivity index (χ2v) is 5.36. The first-order valence-corrected chi connectivity index (χ1v) is 7.02. The van der Waals surface area contributed by atoms with E-state index < -0.39 is 0 Å². The molecule has 0 fully saturated rings. The molecule has 0 aliphatic rings. The van der Waals surface area contributed by atoms with Gasteiger partial charge in [-0.2, -0.15) is 4.74 Å². The van der Waals surface area contributed by atoms with Crippen LogP contribution in [0, 0.1) is 5.21 Å². The van der Waals surface area contributed by atoms with Crippen LogP contribution in [0.4, 0.5) is 5.69 Å². The summed E-state index contributed by atoms with van der Waals surface area (Å²) in [6.07, 6.45) is 2.52. The van der Waals surface area contributed by atoms with Gasteiger partial charge in [-0.05, 0) is 24.3 Å². The number of hydrogen-bond acceptors (Lipinski definition) is 3. The smallest absolute Gasteiger partial charge is 0.216 e. The molecule has 0 amide bonds. The third-order valence-electron chi connectivity index (χ3n) is 3.04. The first-order valence-electron chi connectivity index (χ1n) is 6.22. The Morgan fingerprint density at radius 1 is 1.10 bits per heavy atom. The molecule has 0 N–H and O–H groups in total. The maximum Gasteiger partial charge on any atom is 0.216 e. The van der Waals surface area contributed by atoms with Crippen LogP contribution >= 0.6 is 15.9 Å². The van der Waals surface area contributed by atoms with E-state index in [1.165, 1.54) is 12.5 Å². The van der Waals surface area contributed by atoms with E-state index in [1.54, 1.807) is 48.5 Å². The number of nitrogens with zero attached hydrogens (tertiary/aromatic N) is 1. The predicted octanol–water partition coefficient (Wildman–Crippen LogP) is 3.82. The van der Waals surface area contributed by atoms with E-state index in [4.69, 9.17) is 4.42 Å². The van der Waals surface area contributed by atoms with Gasteiger partial charge >= 0.3 is 0 Å². The molecule has 0 bridgehead atoms.